The van der Waals surface area contributed by atoms with Crippen molar-refractivity contribution < 1.29 is 33.2 Å². The summed E-state index contributed by atoms with van der Waals surface area (Å²) in [6.07, 6.45) is 1.03. The second-order valence-electron chi connectivity index (χ2n) is 8.36. The fourth-order valence-corrected chi connectivity index (χ4v) is 4.21. The normalized spacial score (nSPS) is 15.1. The van der Waals surface area contributed by atoms with Crippen LogP contribution in [0, 0.1) is 0 Å². The molecule has 0 amide bonds. The number of benzene rings is 2. The van der Waals surface area contributed by atoms with Gasteiger partial charge in [-0.3, -0.25) is 9.69 Å². The molecule has 1 aromatic heterocycles. The van der Waals surface area contributed by atoms with Gasteiger partial charge < -0.3 is 33.7 Å². The maximum atomic E-state index is 11.7. The Balaban J connectivity index is 0.00000200. The Hall–Kier alpha value is -3.25. The molecule has 0 radical (unpaired) electrons. The molecule has 13 heteroatoms. The van der Waals surface area contributed by atoms with E-state index in [1.165, 1.54) is 13.3 Å². The van der Waals surface area contributed by atoms with Crippen LogP contribution in [0.2, 0.25) is 0 Å². The van der Waals surface area contributed by atoms with Gasteiger partial charge >= 0.3 is 5.97 Å². The van der Waals surface area contributed by atoms with Crippen LogP contribution in [0.3, 0.4) is 0 Å². The van der Waals surface area contributed by atoms with Crippen LogP contribution in [0.15, 0.2) is 36.7 Å². The minimum Gasteiger partial charge on any atom is -0.493 e. The second-order valence-corrected chi connectivity index (χ2v) is 8.36. The Labute approximate surface area is 232 Å². The second kappa shape index (κ2) is 13.5. The number of morpholine rings is 1. The zero-order valence-electron chi connectivity index (χ0n) is 21.0. The zero-order chi connectivity index (χ0) is 24.9. The lowest BCUT2D eigenvalue weighted by Gasteiger charge is -2.30. The first-order valence-electron chi connectivity index (χ1n) is 11.7. The highest BCUT2D eigenvalue weighted by atomic mass is 35.5. The highest BCUT2D eigenvalue weighted by Gasteiger charge is 2.22. The number of nitrogens with one attached hydrogen (secondary N) is 1. The number of hydrogen-bond donors (Lipinski definition) is 1. The van der Waals surface area contributed by atoms with E-state index in [2.05, 4.69) is 20.2 Å². The molecule has 0 bridgehead atoms. The summed E-state index contributed by atoms with van der Waals surface area (Å²) in [6, 6.07) is 9.22. The van der Waals surface area contributed by atoms with Crippen molar-refractivity contribution >= 4 is 53.2 Å². The Morgan fingerprint density at radius 1 is 1.13 bits per heavy atom. The monoisotopic (exact) mass is 568 g/mol. The van der Waals surface area contributed by atoms with E-state index in [1.54, 1.807) is 13.2 Å². The number of rotatable bonds is 9. The van der Waals surface area contributed by atoms with Crippen molar-refractivity contribution in [3.05, 3.63) is 36.7 Å². The lowest BCUT2D eigenvalue weighted by atomic mass is 10.2. The van der Waals surface area contributed by atoms with Gasteiger partial charge in [0, 0.05) is 38.0 Å². The molecule has 0 saturated carbocycles. The minimum atomic E-state index is -0.439. The quantitative estimate of drug-likeness (QED) is 0.382. The van der Waals surface area contributed by atoms with Crippen molar-refractivity contribution in [3.8, 4) is 23.0 Å². The summed E-state index contributed by atoms with van der Waals surface area (Å²) in [5, 5.41) is 4.05. The Morgan fingerprint density at radius 2 is 1.95 bits per heavy atom. The van der Waals surface area contributed by atoms with Crippen LogP contribution in [-0.2, 0) is 14.3 Å². The highest BCUT2D eigenvalue weighted by Crippen LogP contribution is 2.41. The average molecular weight is 569 g/mol. The number of esters is 1. The summed E-state index contributed by atoms with van der Waals surface area (Å²) < 4.78 is 33.7. The molecule has 1 atom stereocenters. The van der Waals surface area contributed by atoms with E-state index in [0.717, 1.165) is 24.2 Å². The van der Waals surface area contributed by atoms with Crippen LogP contribution in [0.5, 0.6) is 23.0 Å². The number of halogens is 2. The molecule has 38 heavy (non-hydrogen) atoms. The fourth-order valence-electron chi connectivity index (χ4n) is 4.21. The summed E-state index contributed by atoms with van der Waals surface area (Å²) >= 11 is 0. The first-order valence-corrected chi connectivity index (χ1v) is 11.7. The van der Waals surface area contributed by atoms with Gasteiger partial charge in [-0.1, -0.05) is 6.07 Å². The zero-order valence-corrected chi connectivity index (χ0v) is 22.6. The van der Waals surface area contributed by atoms with E-state index in [4.69, 9.17) is 28.4 Å². The maximum absolute atomic E-state index is 11.7. The number of anilines is 2. The summed E-state index contributed by atoms with van der Waals surface area (Å²) in [5.41, 5.74) is 1.39. The Bertz CT molecular complexity index is 1240. The number of hydrogen-bond acceptors (Lipinski definition) is 11. The van der Waals surface area contributed by atoms with Gasteiger partial charge in [0.15, 0.2) is 23.0 Å². The fraction of sp³-hybridized carbons (Fsp3) is 0.400. The standard InChI is InChI=1S/C25H28N4O7.2ClH/c1-16(30)36-17(12-29-6-8-32-9-7-29)13-33-23-11-20-18(10-22(23)31-2)25(27-14-26-20)28-19-4-3-5-21-24(19)35-15-34-21;;/h3-5,10-11,14,17H,6-9,12-13,15H2,1-2H3,(H,26,27,28);2*1H. The van der Waals surface area contributed by atoms with Gasteiger partial charge in [-0.25, -0.2) is 9.97 Å². The van der Waals surface area contributed by atoms with E-state index >= 15 is 0 Å². The molecule has 206 valence electrons. The van der Waals surface area contributed by atoms with Crippen molar-refractivity contribution in [2.75, 3.05) is 58.7 Å². The van der Waals surface area contributed by atoms with Crippen LogP contribution in [-0.4, -0.2) is 80.3 Å². The largest absolute Gasteiger partial charge is 0.493 e. The Morgan fingerprint density at radius 3 is 2.71 bits per heavy atom. The third-order valence-electron chi connectivity index (χ3n) is 5.89. The molecular weight excluding hydrogens is 539 g/mol. The van der Waals surface area contributed by atoms with Crippen molar-refractivity contribution in [1.29, 1.82) is 0 Å². The van der Waals surface area contributed by atoms with Gasteiger partial charge in [0.2, 0.25) is 6.79 Å². The predicted octanol–water partition coefficient (Wildman–Crippen LogP) is 3.60. The van der Waals surface area contributed by atoms with Crippen LogP contribution >= 0.6 is 24.8 Å². The number of methoxy groups -OCH3 is 1. The first-order chi connectivity index (χ1) is 17.6. The number of ether oxygens (including phenoxy) is 6. The predicted molar refractivity (Wildman–Crippen MR) is 145 cm³/mol. The number of carbonyl (C=O) groups excluding carboxylic acids is 1. The first kappa shape index (κ1) is 29.3. The third-order valence-corrected chi connectivity index (χ3v) is 5.89. The molecule has 11 nitrogen and oxygen atoms in total. The minimum absolute atomic E-state index is 0. The molecule has 2 aliphatic heterocycles. The summed E-state index contributed by atoms with van der Waals surface area (Å²) in [7, 11) is 1.57. The molecule has 1 saturated heterocycles. The average Bonchev–Trinajstić information content (AvgIpc) is 3.37. The van der Waals surface area contributed by atoms with Crippen molar-refractivity contribution in [2.45, 2.75) is 13.0 Å². The molecule has 1 N–H and O–H groups in total. The number of nitrogens with zero attached hydrogens (tertiary/aromatic N) is 3. The highest BCUT2D eigenvalue weighted by molar-refractivity contribution is 5.93. The van der Waals surface area contributed by atoms with Crippen molar-refractivity contribution in [2.24, 2.45) is 0 Å². The van der Waals surface area contributed by atoms with Crippen molar-refractivity contribution in [3.63, 3.8) is 0 Å². The number of para-hydroxylation sites is 1. The van der Waals surface area contributed by atoms with Gasteiger partial charge in [0.25, 0.3) is 0 Å². The summed E-state index contributed by atoms with van der Waals surface area (Å²) in [6.45, 7) is 5.18. The van der Waals surface area contributed by atoms with Crippen LogP contribution < -0.4 is 24.3 Å². The molecule has 2 aromatic carbocycles. The summed E-state index contributed by atoms with van der Waals surface area (Å²) in [4.78, 5) is 22.7. The molecule has 5 rings (SSSR count). The molecule has 0 aliphatic carbocycles. The van der Waals surface area contributed by atoms with Gasteiger partial charge in [-0.05, 0) is 18.2 Å². The maximum Gasteiger partial charge on any atom is 0.303 e. The lowest BCUT2D eigenvalue weighted by Crippen LogP contribution is -2.43. The molecule has 1 unspecified atom stereocenters. The van der Waals surface area contributed by atoms with E-state index in [0.29, 0.717) is 54.1 Å². The lowest BCUT2D eigenvalue weighted by molar-refractivity contribution is -0.149. The summed E-state index contributed by atoms with van der Waals surface area (Å²) in [5.74, 6) is 2.53. The van der Waals surface area contributed by atoms with Crippen molar-refractivity contribution in [1.82, 2.24) is 14.9 Å². The van der Waals surface area contributed by atoms with Gasteiger partial charge in [-0.2, -0.15) is 0 Å². The van der Waals surface area contributed by atoms with Gasteiger partial charge in [-0.15, -0.1) is 24.8 Å². The third kappa shape index (κ3) is 6.79. The SMILES string of the molecule is COc1cc2c(Nc3cccc4c3OCO4)ncnc2cc1OCC(CN1CCOCC1)OC(C)=O.Cl.Cl. The van der Waals surface area contributed by atoms with E-state index < -0.39 is 6.10 Å². The molecular formula is C25H30Cl2N4O7. The topological polar surface area (TPSA) is 114 Å². The smallest absolute Gasteiger partial charge is 0.303 e. The number of fused-ring (bicyclic) bond motifs is 2. The van der Waals surface area contributed by atoms with E-state index in [9.17, 15) is 4.79 Å². The van der Waals surface area contributed by atoms with Crippen LogP contribution in [0.25, 0.3) is 10.9 Å². The molecule has 2 aliphatic rings. The van der Waals surface area contributed by atoms with Gasteiger partial charge in [0.05, 0.1) is 31.5 Å². The van der Waals surface area contributed by atoms with E-state index in [1.807, 2.05) is 24.3 Å². The molecule has 1 fully saturated rings. The molecule has 3 aromatic rings. The number of carbonyl (C=O) groups is 1. The van der Waals surface area contributed by atoms with Crippen LogP contribution in [0.4, 0.5) is 11.5 Å². The molecule has 0 spiro atoms. The van der Waals surface area contributed by atoms with E-state index in [-0.39, 0.29) is 44.2 Å². The number of aromatic nitrogens is 2. The Kier molecular flexibility index (Phi) is 10.4. The molecule has 3 heterocycles. The van der Waals surface area contributed by atoms with Gasteiger partial charge in [0.1, 0.15) is 24.9 Å². The van der Waals surface area contributed by atoms with Crippen LogP contribution in [0.1, 0.15) is 6.92 Å².